The summed E-state index contributed by atoms with van der Waals surface area (Å²) in [6, 6.07) is 4.94. The molecule has 0 saturated heterocycles. The average molecular weight is 412 g/mol. The average Bonchev–Trinajstić information content (AvgIpc) is 2.99. The number of aryl methyl sites for hydroxylation is 1. The van der Waals surface area contributed by atoms with Gasteiger partial charge in [-0.25, -0.2) is 9.78 Å². The summed E-state index contributed by atoms with van der Waals surface area (Å²) >= 11 is 0. The Kier molecular flexibility index (Phi) is 6.16. The molecule has 1 aromatic carbocycles. The number of benzene rings is 1. The number of ether oxygens (including phenoxy) is 1. The molecule has 2 aliphatic rings. The summed E-state index contributed by atoms with van der Waals surface area (Å²) in [5, 5.41) is 3.48. The van der Waals surface area contributed by atoms with Crippen LogP contribution in [0.25, 0.3) is 10.9 Å². The molecular weight excluding hydrogens is 382 g/mol. The summed E-state index contributed by atoms with van der Waals surface area (Å²) in [4.78, 5) is 42.1. The topological polar surface area (TPSA) is 90.3 Å². The summed E-state index contributed by atoms with van der Waals surface area (Å²) in [7, 11) is 0. The van der Waals surface area contributed by atoms with Gasteiger partial charge in [0.2, 0.25) is 0 Å². The van der Waals surface area contributed by atoms with E-state index in [0.29, 0.717) is 28.9 Å². The summed E-state index contributed by atoms with van der Waals surface area (Å²) in [5.41, 5.74) is 0.743. The number of rotatable bonds is 4. The van der Waals surface area contributed by atoms with Crippen LogP contribution in [0.3, 0.4) is 0 Å². The molecular formula is C23H29N3O4. The fourth-order valence-electron chi connectivity index (χ4n) is 4.54. The van der Waals surface area contributed by atoms with Gasteiger partial charge in [-0.15, -0.1) is 0 Å². The van der Waals surface area contributed by atoms with Gasteiger partial charge in [-0.05, 0) is 49.8 Å². The fourth-order valence-corrected chi connectivity index (χ4v) is 4.54. The molecule has 1 amide bonds. The van der Waals surface area contributed by atoms with Crippen molar-refractivity contribution in [3.8, 4) is 0 Å². The minimum absolute atomic E-state index is 0.0576. The monoisotopic (exact) mass is 411 g/mol. The van der Waals surface area contributed by atoms with Crippen molar-refractivity contribution in [1.29, 1.82) is 0 Å². The molecule has 4 rings (SSSR count). The minimum Gasteiger partial charge on any atom is -0.452 e. The maximum Gasteiger partial charge on any atom is 0.338 e. The molecule has 1 aromatic heterocycles. The highest BCUT2D eigenvalue weighted by Gasteiger charge is 2.23. The maximum atomic E-state index is 12.8. The van der Waals surface area contributed by atoms with Crippen LogP contribution in [0.5, 0.6) is 0 Å². The number of aromatic nitrogens is 2. The van der Waals surface area contributed by atoms with Crippen molar-refractivity contribution < 1.29 is 14.3 Å². The van der Waals surface area contributed by atoms with Crippen LogP contribution in [0.15, 0.2) is 23.0 Å². The summed E-state index contributed by atoms with van der Waals surface area (Å²) in [6.45, 7) is 2.53. The summed E-state index contributed by atoms with van der Waals surface area (Å²) in [5.74, 6) is 0.362. The van der Waals surface area contributed by atoms with Crippen molar-refractivity contribution in [1.82, 2.24) is 14.9 Å². The number of amides is 1. The molecule has 0 bridgehead atoms. The van der Waals surface area contributed by atoms with Gasteiger partial charge in [0.05, 0.1) is 16.5 Å². The van der Waals surface area contributed by atoms with Crippen LogP contribution in [0.2, 0.25) is 0 Å². The van der Waals surface area contributed by atoms with Crippen LogP contribution in [-0.4, -0.2) is 34.1 Å². The van der Waals surface area contributed by atoms with Crippen molar-refractivity contribution in [2.45, 2.75) is 70.9 Å². The van der Waals surface area contributed by atoms with Crippen LogP contribution < -0.4 is 10.9 Å². The van der Waals surface area contributed by atoms with Crippen molar-refractivity contribution >= 4 is 22.8 Å². The Morgan fingerprint density at radius 3 is 2.83 bits per heavy atom. The highest BCUT2D eigenvalue weighted by molar-refractivity contribution is 5.95. The van der Waals surface area contributed by atoms with E-state index < -0.39 is 5.97 Å². The number of nitrogens with zero attached hydrogens (tertiary/aromatic N) is 2. The SMILES string of the molecule is C[C@@H]1CCCC[C@@H]1NC(=O)COC(=O)c1ccc2c(=O)n3c(nc2c1)CCCCC3. The molecule has 1 aliphatic heterocycles. The Morgan fingerprint density at radius 1 is 1.17 bits per heavy atom. The van der Waals surface area contributed by atoms with Gasteiger partial charge in [0, 0.05) is 19.0 Å². The lowest BCUT2D eigenvalue weighted by molar-refractivity contribution is -0.125. The number of nitrogens with one attached hydrogen (secondary N) is 1. The van der Waals surface area contributed by atoms with E-state index in [1.54, 1.807) is 22.8 Å². The molecule has 30 heavy (non-hydrogen) atoms. The fraction of sp³-hybridized carbons (Fsp3) is 0.565. The largest absolute Gasteiger partial charge is 0.452 e. The molecule has 0 unspecified atom stereocenters. The van der Waals surface area contributed by atoms with E-state index in [0.717, 1.165) is 50.8 Å². The van der Waals surface area contributed by atoms with Crippen molar-refractivity contribution in [3.63, 3.8) is 0 Å². The highest BCUT2D eigenvalue weighted by Crippen LogP contribution is 2.23. The number of hydrogen-bond acceptors (Lipinski definition) is 5. The molecule has 160 valence electrons. The van der Waals surface area contributed by atoms with Crippen molar-refractivity contribution in [2.24, 2.45) is 5.92 Å². The van der Waals surface area contributed by atoms with E-state index in [9.17, 15) is 14.4 Å². The van der Waals surface area contributed by atoms with Crippen LogP contribution in [-0.2, 0) is 22.5 Å². The van der Waals surface area contributed by atoms with Gasteiger partial charge >= 0.3 is 5.97 Å². The number of carbonyl (C=O) groups is 2. The quantitative estimate of drug-likeness (QED) is 0.781. The van der Waals surface area contributed by atoms with Crippen LogP contribution >= 0.6 is 0 Å². The van der Waals surface area contributed by atoms with Crippen LogP contribution in [0, 0.1) is 5.92 Å². The number of esters is 1. The Balaban J connectivity index is 1.44. The van der Waals surface area contributed by atoms with Gasteiger partial charge in [0.1, 0.15) is 5.82 Å². The first-order valence-corrected chi connectivity index (χ1v) is 11.0. The van der Waals surface area contributed by atoms with Crippen LogP contribution in [0.4, 0.5) is 0 Å². The number of carbonyl (C=O) groups excluding carboxylic acids is 2. The van der Waals surface area contributed by atoms with Gasteiger partial charge < -0.3 is 10.1 Å². The molecule has 1 saturated carbocycles. The second-order valence-corrected chi connectivity index (χ2v) is 8.54. The van der Waals surface area contributed by atoms with Crippen molar-refractivity contribution in [2.75, 3.05) is 6.61 Å². The lowest BCUT2D eigenvalue weighted by atomic mass is 9.86. The molecule has 1 N–H and O–H groups in total. The van der Waals surface area contributed by atoms with Gasteiger partial charge in [-0.2, -0.15) is 0 Å². The van der Waals surface area contributed by atoms with E-state index in [1.807, 2.05) is 0 Å². The maximum absolute atomic E-state index is 12.8. The first kappa shape index (κ1) is 20.6. The lowest BCUT2D eigenvalue weighted by Crippen LogP contribution is -2.42. The molecule has 0 spiro atoms. The van der Waals surface area contributed by atoms with Gasteiger partial charge in [0.15, 0.2) is 6.61 Å². The van der Waals surface area contributed by atoms with Gasteiger partial charge in [-0.3, -0.25) is 14.2 Å². The smallest absolute Gasteiger partial charge is 0.338 e. The molecule has 7 heteroatoms. The zero-order valence-corrected chi connectivity index (χ0v) is 17.5. The minimum atomic E-state index is -0.583. The molecule has 0 radical (unpaired) electrons. The Labute approximate surface area is 175 Å². The Morgan fingerprint density at radius 2 is 2.00 bits per heavy atom. The third-order valence-electron chi connectivity index (χ3n) is 6.34. The Hall–Kier alpha value is -2.70. The Bertz CT molecular complexity index is 1010. The van der Waals surface area contributed by atoms with E-state index in [1.165, 1.54) is 6.42 Å². The van der Waals surface area contributed by atoms with Crippen molar-refractivity contribution in [3.05, 3.63) is 39.9 Å². The molecule has 1 fully saturated rings. The van der Waals surface area contributed by atoms with Gasteiger partial charge in [-0.1, -0.05) is 26.2 Å². The molecule has 2 heterocycles. The third-order valence-corrected chi connectivity index (χ3v) is 6.34. The summed E-state index contributed by atoms with van der Waals surface area (Å²) in [6.07, 6.45) is 8.22. The second kappa shape index (κ2) is 8.98. The van der Waals surface area contributed by atoms with E-state index in [4.69, 9.17) is 4.74 Å². The van der Waals surface area contributed by atoms with E-state index in [2.05, 4.69) is 17.2 Å². The molecule has 2 aromatic rings. The molecule has 2 atom stereocenters. The van der Waals surface area contributed by atoms with E-state index in [-0.39, 0.29) is 24.1 Å². The van der Waals surface area contributed by atoms with Crippen LogP contribution in [0.1, 0.15) is 68.1 Å². The lowest BCUT2D eigenvalue weighted by Gasteiger charge is -2.29. The first-order chi connectivity index (χ1) is 14.5. The standard InChI is InChI=1S/C23H29N3O4/c1-15-7-4-5-8-18(15)25-21(27)14-30-23(29)16-10-11-17-19(13-16)24-20-9-3-2-6-12-26(20)22(17)28/h10-11,13,15,18H,2-9,12,14H2,1H3,(H,25,27)/t15-,18+/m1/s1. The predicted octanol–water partition coefficient (Wildman–Crippen LogP) is 2.97. The predicted molar refractivity (Wildman–Crippen MR) is 113 cm³/mol. The second-order valence-electron chi connectivity index (χ2n) is 8.54. The first-order valence-electron chi connectivity index (χ1n) is 11.0. The van der Waals surface area contributed by atoms with Gasteiger partial charge in [0.25, 0.3) is 11.5 Å². The number of fused-ring (bicyclic) bond motifs is 2. The third kappa shape index (κ3) is 4.40. The zero-order valence-electron chi connectivity index (χ0n) is 17.5. The number of hydrogen-bond donors (Lipinski definition) is 1. The van der Waals surface area contributed by atoms with E-state index >= 15 is 0 Å². The molecule has 1 aliphatic carbocycles. The highest BCUT2D eigenvalue weighted by atomic mass is 16.5. The zero-order chi connectivity index (χ0) is 21.1. The molecule has 7 nitrogen and oxygen atoms in total. The summed E-state index contributed by atoms with van der Waals surface area (Å²) < 4.78 is 6.97. The normalized spacial score (nSPS) is 21.5.